The van der Waals surface area contributed by atoms with E-state index in [1.54, 1.807) is 55.6 Å². The quantitative estimate of drug-likeness (QED) is 0.342. The first-order valence-electron chi connectivity index (χ1n) is 9.83. The van der Waals surface area contributed by atoms with Gasteiger partial charge in [0.1, 0.15) is 22.1 Å². The molecule has 3 aromatic rings. The molecule has 2 amide bonds. The number of methoxy groups -OCH3 is 2. The van der Waals surface area contributed by atoms with Crippen LogP contribution in [0.5, 0.6) is 11.5 Å². The van der Waals surface area contributed by atoms with E-state index in [2.05, 4.69) is 5.32 Å². The van der Waals surface area contributed by atoms with Crippen LogP contribution in [0.2, 0.25) is 15.1 Å². The molecule has 0 unspecified atom stereocenters. The number of amides is 2. The molecule has 0 saturated heterocycles. The number of benzene rings is 3. The van der Waals surface area contributed by atoms with Crippen LogP contribution < -0.4 is 19.7 Å². The molecule has 0 aromatic heterocycles. The van der Waals surface area contributed by atoms with E-state index in [0.717, 1.165) is 21.6 Å². The normalized spacial score (nSPS) is 13.5. The number of hydrogen-bond donors (Lipinski definition) is 1. The zero-order valence-corrected chi connectivity index (χ0v) is 21.0. The Morgan fingerprint density at radius 2 is 1.56 bits per heavy atom. The third-order valence-electron chi connectivity index (χ3n) is 4.90. The molecule has 0 saturated carbocycles. The highest BCUT2D eigenvalue weighted by Crippen LogP contribution is 2.40. The molecule has 1 aliphatic rings. The van der Waals surface area contributed by atoms with Crippen LogP contribution >= 0.6 is 46.6 Å². The standard InChI is InChI=1S/C24H17Cl3N2O4S/c1-32-15-6-10-19(20(12-15)33-2)28-21-22(34-16-7-3-13(25)4-8-16)24(31)29(23(21)30)14-5-9-17(26)18(27)11-14/h3-12,28H,1-2H3. The largest absolute Gasteiger partial charge is 0.497 e. The Morgan fingerprint density at radius 1 is 0.824 bits per heavy atom. The van der Waals surface area contributed by atoms with Gasteiger partial charge in [-0.2, -0.15) is 0 Å². The van der Waals surface area contributed by atoms with E-state index in [4.69, 9.17) is 44.3 Å². The van der Waals surface area contributed by atoms with Crippen molar-refractivity contribution in [2.45, 2.75) is 4.90 Å². The maximum atomic E-state index is 13.5. The summed E-state index contributed by atoms with van der Waals surface area (Å²) in [6.45, 7) is 0. The van der Waals surface area contributed by atoms with Crippen molar-refractivity contribution < 1.29 is 19.1 Å². The van der Waals surface area contributed by atoms with Crippen molar-refractivity contribution in [3.63, 3.8) is 0 Å². The van der Waals surface area contributed by atoms with Gasteiger partial charge in [0, 0.05) is 16.0 Å². The SMILES string of the molecule is COc1ccc(NC2=C(Sc3ccc(Cl)cc3)C(=O)N(c3ccc(Cl)c(Cl)c3)C2=O)c(OC)c1. The van der Waals surface area contributed by atoms with Crippen molar-refractivity contribution in [3.8, 4) is 11.5 Å². The maximum absolute atomic E-state index is 13.5. The van der Waals surface area contributed by atoms with Gasteiger partial charge in [0.15, 0.2) is 0 Å². The first-order chi connectivity index (χ1) is 16.3. The van der Waals surface area contributed by atoms with Gasteiger partial charge in [-0.1, -0.05) is 46.6 Å². The molecule has 1 aliphatic heterocycles. The Bertz CT molecular complexity index is 1310. The Balaban J connectivity index is 1.77. The molecule has 10 heteroatoms. The molecule has 0 fully saturated rings. The number of nitrogens with one attached hydrogen (secondary N) is 1. The van der Waals surface area contributed by atoms with Gasteiger partial charge in [-0.15, -0.1) is 0 Å². The predicted octanol–water partition coefficient (Wildman–Crippen LogP) is 6.65. The fourth-order valence-electron chi connectivity index (χ4n) is 3.23. The highest BCUT2D eigenvalue weighted by atomic mass is 35.5. The maximum Gasteiger partial charge on any atom is 0.283 e. The number of carbonyl (C=O) groups excluding carboxylic acids is 2. The number of imide groups is 1. The van der Waals surface area contributed by atoms with Crippen molar-refractivity contribution in [1.29, 1.82) is 0 Å². The lowest BCUT2D eigenvalue weighted by Gasteiger charge is -2.16. The summed E-state index contributed by atoms with van der Waals surface area (Å²) in [5.41, 5.74) is 0.890. The van der Waals surface area contributed by atoms with Gasteiger partial charge in [0.2, 0.25) is 0 Å². The molecule has 1 heterocycles. The number of ether oxygens (including phenoxy) is 2. The summed E-state index contributed by atoms with van der Waals surface area (Å²) < 4.78 is 10.7. The van der Waals surface area contributed by atoms with Crippen LogP contribution in [0.25, 0.3) is 0 Å². The summed E-state index contributed by atoms with van der Waals surface area (Å²) in [7, 11) is 3.04. The lowest BCUT2D eigenvalue weighted by molar-refractivity contribution is -0.120. The van der Waals surface area contributed by atoms with Crippen LogP contribution in [-0.4, -0.2) is 26.0 Å². The second-order valence-corrected chi connectivity index (χ2v) is 9.33. The molecule has 0 bridgehead atoms. The molecule has 0 radical (unpaired) electrons. The first-order valence-corrected chi connectivity index (χ1v) is 11.8. The fraction of sp³-hybridized carbons (Fsp3) is 0.0833. The molecule has 4 rings (SSSR count). The monoisotopic (exact) mass is 534 g/mol. The van der Waals surface area contributed by atoms with E-state index in [1.165, 1.54) is 19.2 Å². The smallest absolute Gasteiger partial charge is 0.283 e. The van der Waals surface area contributed by atoms with Crippen LogP contribution in [0.4, 0.5) is 11.4 Å². The summed E-state index contributed by atoms with van der Waals surface area (Å²) in [4.78, 5) is 29.0. The van der Waals surface area contributed by atoms with Crippen LogP contribution in [0.1, 0.15) is 0 Å². The minimum atomic E-state index is -0.544. The van der Waals surface area contributed by atoms with E-state index >= 15 is 0 Å². The fourth-order valence-corrected chi connectivity index (χ4v) is 4.58. The van der Waals surface area contributed by atoms with Gasteiger partial charge in [-0.25, -0.2) is 4.90 Å². The van der Waals surface area contributed by atoms with Gasteiger partial charge < -0.3 is 14.8 Å². The molecule has 0 spiro atoms. The molecular weight excluding hydrogens is 519 g/mol. The van der Waals surface area contributed by atoms with Crippen LogP contribution in [-0.2, 0) is 9.59 Å². The van der Waals surface area contributed by atoms with Crippen molar-refractivity contribution in [2.24, 2.45) is 0 Å². The van der Waals surface area contributed by atoms with E-state index in [9.17, 15) is 9.59 Å². The lowest BCUT2D eigenvalue weighted by atomic mass is 10.2. The third-order valence-corrected chi connectivity index (χ3v) is 6.99. The minimum absolute atomic E-state index is 0.0967. The predicted molar refractivity (Wildman–Crippen MR) is 136 cm³/mol. The second-order valence-electron chi connectivity index (χ2n) is 7.00. The number of halogens is 3. The van der Waals surface area contributed by atoms with Crippen molar-refractivity contribution in [1.82, 2.24) is 0 Å². The molecule has 1 N–H and O–H groups in total. The van der Waals surface area contributed by atoms with Gasteiger partial charge >= 0.3 is 0 Å². The van der Waals surface area contributed by atoms with Gasteiger partial charge in [0.25, 0.3) is 11.8 Å². The third kappa shape index (κ3) is 4.83. The summed E-state index contributed by atoms with van der Waals surface area (Å²) in [6.07, 6.45) is 0. The summed E-state index contributed by atoms with van der Waals surface area (Å²) >= 11 is 19.3. The topological polar surface area (TPSA) is 67.9 Å². The molecule has 0 aliphatic carbocycles. The van der Waals surface area contributed by atoms with Gasteiger partial charge in [0.05, 0.1) is 35.6 Å². The van der Waals surface area contributed by atoms with Crippen molar-refractivity contribution >= 4 is 69.8 Å². The average Bonchev–Trinajstić information content (AvgIpc) is 3.06. The zero-order valence-electron chi connectivity index (χ0n) is 17.9. The molecule has 174 valence electrons. The number of carbonyl (C=O) groups is 2. The Morgan fingerprint density at radius 3 is 2.21 bits per heavy atom. The molecule has 34 heavy (non-hydrogen) atoms. The van der Waals surface area contributed by atoms with Gasteiger partial charge in [-0.05, 0) is 54.6 Å². The Labute approximate surface area is 215 Å². The van der Waals surface area contributed by atoms with Crippen molar-refractivity contribution in [2.75, 3.05) is 24.4 Å². The Kier molecular flexibility index (Phi) is 7.28. The number of hydrogen-bond acceptors (Lipinski definition) is 6. The van der Waals surface area contributed by atoms with Crippen LogP contribution in [0, 0.1) is 0 Å². The summed E-state index contributed by atoms with van der Waals surface area (Å²) in [5.74, 6) is -0.0228. The molecule has 0 atom stereocenters. The molecule has 3 aromatic carbocycles. The van der Waals surface area contributed by atoms with Crippen LogP contribution in [0.3, 0.4) is 0 Å². The van der Waals surface area contributed by atoms with E-state index in [0.29, 0.717) is 32.9 Å². The number of anilines is 2. The first kappa shape index (κ1) is 24.3. The second kappa shape index (κ2) is 10.2. The van der Waals surface area contributed by atoms with Gasteiger partial charge in [-0.3, -0.25) is 9.59 Å². The summed E-state index contributed by atoms with van der Waals surface area (Å²) in [6, 6.07) is 16.6. The summed E-state index contributed by atoms with van der Waals surface area (Å²) in [5, 5.41) is 4.18. The van der Waals surface area contributed by atoms with E-state index in [1.807, 2.05) is 0 Å². The lowest BCUT2D eigenvalue weighted by Crippen LogP contribution is -2.32. The van der Waals surface area contributed by atoms with E-state index < -0.39 is 11.8 Å². The molecule has 6 nitrogen and oxygen atoms in total. The number of rotatable bonds is 7. The van der Waals surface area contributed by atoms with Crippen LogP contribution in [0.15, 0.2) is 76.2 Å². The highest BCUT2D eigenvalue weighted by Gasteiger charge is 2.40. The zero-order chi connectivity index (χ0) is 24.4. The van der Waals surface area contributed by atoms with Crippen molar-refractivity contribution in [3.05, 3.63) is 86.3 Å². The van der Waals surface area contributed by atoms with E-state index in [-0.39, 0.29) is 15.6 Å². The Hall–Kier alpha value is -2.84. The average molecular weight is 536 g/mol. The number of nitrogens with zero attached hydrogens (tertiary/aromatic N) is 1. The highest BCUT2D eigenvalue weighted by molar-refractivity contribution is 8.04. The number of thioether (sulfide) groups is 1. The minimum Gasteiger partial charge on any atom is -0.497 e. The molecular formula is C24H17Cl3N2O4S.